The Balaban J connectivity index is 2.74. The maximum atomic E-state index is 10.6. The van der Waals surface area contributed by atoms with E-state index in [1.165, 1.54) is 11.3 Å². The van der Waals surface area contributed by atoms with Crippen LogP contribution in [-0.4, -0.2) is 30.0 Å². The molecule has 1 amide bonds. The third kappa shape index (κ3) is 3.43. The fourth-order valence-electron chi connectivity index (χ4n) is 0.818. The topological polar surface area (TPSA) is 80.6 Å². The Morgan fingerprint density at radius 3 is 3.25 bits per heavy atom. The molecule has 7 heteroatoms. The summed E-state index contributed by atoms with van der Waals surface area (Å²) in [7, 11) is 0. The van der Waals surface area contributed by atoms with Crippen molar-refractivity contribution in [1.82, 2.24) is 4.98 Å². The molecule has 0 saturated carbocycles. The molecular weight excluding hydrogens is 230 g/mol. The summed E-state index contributed by atoms with van der Waals surface area (Å²) in [6.45, 7) is 2.35. The second-order valence-corrected chi connectivity index (χ2v) is 3.53. The van der Waals surface area contributed by atoms with Gasteiger partial charge in [0.15, 0.2) is 10.8 Å². The van der Waals surface area contributed by atoms with E-state index in [1.54, 1.807) is 11.7 Å². The van der Waals surface area contributed by atoms with Crippen molar-refractivity contribution in [1.29, 1.82) is 0 Å². The lowest BCUT2D eigenvalue weighted by molar-refractivity contribution is -0.105. The molecule has 0 fully saturated rings. The van der Waals surface area contributed by atoms with Crippen molar-refractivity contribution in [2.75, 3.05) is 11.9 Å². The minimum Gasteiger partial charge on any atom is -0.395 e. The molecule has 1 aromatic heterocycles. The molecular formula is C9H10N3O3S. The highest BCUT2D eigenvalue weighted by Gasteiger charge is 2.09. The van der Waals surface area contributed by atoms with E-state index in [4.69, 9.17) is 4.84 Å². The molecule has 6 nitrogen and oxygen atoms in total. The number of aromatic nitrogens is 1. The van der Waals surface area contributed by atoms with Gasteiger partial charge in [-0.2, -0.15) is 0 Å². The molecule has 0 bridgehead atoms. The van der Waals surface area contributed by atoms with Crippen LogP contribution >= 0.6 is 11.3 Å². The van der Waals surface area contributed by atoms with Crippen LogP contribution in [0.3, 0.4) is 0 Å². The van der Waals surface area contributed by atoms with E-state index in [-0.39, 0.29) is 5.71 Å². The van der Waals surface area contributed by atoms with Gasteiger partial charge < -0.3 is 10.2 Å². The molecule has 0 aliphatic heterocycles. The van der Waals surface area contributed by atoms with Gasteiger partial charge in [0, 0.05) is 5.38 Å². The van der Waals surface area contributed by atoms with E-state index in [0.29, 0.717) is 23.8 Å². The molecule has 0 unspecified atom stereocenters. The molecule has 0 aliphatic rings. The van der Waals surface area contributed by atoms with Gasteiger partial charge in [0.1, 0.15) is 12.3 Å². The zero-order chi connectivity index (χ0) is 11.8. The molecule has 0 saturated heterocycles. The van der Waals surface area contributed by atoms with E-state index >= 15 is 0 Å². The summed E-state index contributed by atoms with van der Waals surface area (Å²) in [6.07, 6.45) is 2.94. The van der Waals surface area contributed by atoms with Crippen molar-refractivity contribution in [3.8, 4) is 0 Å². The number of amides is 1. The van der Waals surface area contributed by atoms with Crippen molar-refractivity contribution in [2.24, 2.45) is 5.16 Å². The van der Waals surface area contributed by atoms with Crippen LogP contribution in [0.1, 0.15) is 19.0 Å². The molecule has 1 N–H and O–H groups in total. The third-order valence-electron chi connectivity index (χ3n) is 1.48. The summed E-state index contributed by atoms with van der Waals surface area (Å²) >= 11 is 1.19. The van der Waals surface area contributed by atoms with Gasteiger partial charge in [0.25, 0.3) is 6.29 Å². The Kier molecular flexibility index (Phi) is 5.13. The van der Waals surface area contributed by atoms with Gasteiger partial charge in [-0.25, -0.2) is 4.98 Å². The van der Waals surface area contributed by atoms with Crippen LogP contribution < -0.4 is 5.32 Å². The number of carbonyl (C=O) groups excluding carboxylic acids is 2. The van der Waals surface area contributed by atoms with Gasteiger partial charge in [-0.05, 0) is 6.42 Å². The second-order valence-electron chi connectivity index (χ2n) is 2.68. The number of rotatable bonds is 7. The fraction of sp³-hybridized carbons (Fsp3) is 0.333. The van der Waals surface area contributed by atoms with E-state index in [2.05, 4.69) is 15.5 Å². The van der Waals surface area contributed by atoms with E-state index in [0.717, 1.165) is 6.42 Å². The molecule has 1 radical (unpaired) electrons. The predicted molar refractivity (Wildman–Crippen MR) is 60.3 cm³/mol. The Morgan fingerprint density at radius 1 is 1.81 bits per heavy atom. The summed E-state index contributed by atoms with van der Waals surface area (Å²) in [5.41, 5.74) is 0.323. The lowest BCUT2D eigenvalue weighted by Crippen LogP contribution is -2.05. The van der Waals surface area contributed by atoms with Gasteiger partial charge in [-0.1, -0.05) is 12.1 Å². The van der Waals surface area contributed by atoms with Crippen LogP contribution in [0.15, 0.2) is 10.5 Å². The van der Waals surface area contributed by atoms with Crippen molar-refractivity contribution < 1.29 is 14.4 Å². The lowest BCUT2D eigenvalue weighted by Gasteiger charge is -1.95. The number of hydrogen-bond donors (Lipinski definition) is 1. The van der Waals surface area contributed by atoms with Crippen molar-refractivity contribution in [2.45, 2.75) is 13.3 Å². The van der Waals surface area contributed by atoms with Crippen molar-refractivity contribution in [3.05, 3.63) is 11.1 Å². The first kappa shape index (κ1) is 12.3. The number of hydrogen-bond acceptors (Lipinski definition) is 6. The first-order valence-electron chi connectivity index (χ1n) is 4.56. The smallest absolute Gasteiger partial charge is 0.259 e. The fourth-order valence-corrected chi connectivity index (χ4v) is 1.47. The maximum Gasteiger partial charge on any atom is 0.259 e. The SMILES string of the molecule is CCCON=C([C]=O)c1csc(NC=O)n1. The van der Waals surface area contributed by atoms with Gasteiger partial charge in [0.05, 0.1) is 0 Å². The second kappa shape index (κ2) is 6.67. The molecule has 85 valence electrons. The lowest BCUT2D eigenvalue weighted by atomic mass is 10.3. The molecule has 0 aromatic carbocycles. The highest BCUT2D eigenvalue weighted by Crippen LogP contribution is 2.14. The molecule has 16 heavy (non-hydrogen) atoms. The number of anilines is 1. The van der Waals surface area contributed by atoms with E-state index < -0.39 is 0 Å². The van der Waals surface area contributed by atoms with Crippen LogP contribution in [0.4, 0.5) is 5.13 Å². The summed E-state index contributed by atoms with van der Waals surface area (Å²) in [4.78, 5) is 29.6. The monoisotopic (exact) mass is 240 g/mol. The van der Waals surface area contributed by atoms with Gasteiger partial charge in [-0.3, -0.25) is 9.59 Å². The molecule has 0 spiro atoms. The molecule has 0 atom stereocenters. The quantitative estimate of drug-likeness (QED) is 0.333. The highest BCUT2D eigenvalue weighted by molar-refractivity contribution is 7.14. The minimum absolute atomic E-state index is 0.0105. The summed E-state index contributed by atoms with van der Waals surface area (Å²) < 4.78 is 0. The first-order chi connectivity index (χ1) is 7.81. The van der Waals surface area contributed by atoms with Crippen LogP contribution in [0.2, 0.25) is 0 Å². The summed E-state index contributed by atoms with van der Waals surface area (Å²) in [5, 5.41) is 7.95. The third-order valence-corrected chi connectivity index (χ3v) is 2.25. The summed E-state index contributed by atoms with van der Waals surface area (Å²) in [5.74, 6) is 0. The number of nitrogens with one attached hydrogen (secondary N) is 1. The van der Waals surface area contributed by atoms with Crippen molar-refractivity contribution in [3.63, 3.8) is 0 Å². The average molecular weight is 240 g/mol. The Morgan fingerprint density at radius 2 is 2.62 bits per heavy atom. The summed E-state index contributed by atoms with van der Waals surface area (Å²) in [6, 6.07) is 0. The van der Waals surface area contributed by atoms with Gasteiger partial charge in [0.2, 0.25) is 6.41 Å². The Hall–Kier alpha value is -1.76. The Bertz CT molecular complexity index is 389. The zero-order valence-corrected chi connectivity index (χ0v) is 9.41. The van der Waals surface area contributed by atoms with E-state index in [1.807, 2.05) is 6.92 Å². The molecule has 1 rings (SSSR count). The average Bonchev–Trinajstić information content (AvgIpc) is 2.74. The van der Waals surface area contributed by atoms with Crippen LogP contribution in [0.5, 0.6) is 0 Å². The van der Waals surface area contributed by atoms with Crippen LogP contribution in [0, 0.1) is 0 Å². The number of thiazole rings is 1. The van der Waals surface area contributed by atoms with E-state index in [9.17, 15) is 9.59 Å². The van der Waals surface area contributed by atoms with Crippen LogP contribution in [-0.2, 0) is 14.4 Å². The van der Waals surface area contributed by atoms with Crippen molar-refractivity contribution >= 4 is 34.9 Å². The van der Waals surface area contributed by atoms with Gasteiger partial charge in [-0.15, -0.1) is 11.3 Å². The standard InChI is InChI=1S/C9H10N3O3S/c1-2-3-15-12-7(4-13)8-5-16-9(11-8)10-6-14/h5-6H,2-3H2,1H3,(H,10,11,14). The maximum absolute atomic E-state index is 10.6. The number of nitrogens with zero attached hydrogens (tertiary/aromatic N) is 2. The number of carbonyl (C=O) groups is 1. The normalized spacial score (nSPS) is 10.9. The Labute approximate surface area is 96.3 Å². The highest BCUT2D eigenvalue weighted by atomic mass is 32.1. The van der Waals surface area contributed by atoms with Gasteiger partial charge >= 0.3 is 0 Å². The molecule has 1 aromatic rings. The zero-order valence-electron chi connectivity index (χ0n) is 8.60. The first-order valence-corrected chi connectivity index (χ1v) is 5.44. The predicted octanol–water partition coefficient (Wildman–Crippen LogP) is 0.952. The minimum atomic E-state index is -0.0105. The largest absolute Gasteiger partial charge is 0.395 e. The molecule has 0 aliphatic carbocycles. The number of oxime groups is 1. The molecule has 1 heterocycles. The van der Waals surface area contributed by atoms with Crippen LogP contribution in [0.25, 0.3) is 0 Å².